The van der Waals surface area contributed by atoms with E-state index >= 15 is 0 Å². The third kappa shape index (κ3) is 12.2. The lowest BCUT2D eigenvalue weighted by molar-refractivity contribution is 0.0328. The number of aromatic nitrogens is 16. The fraction of sp³-hybridized carbons (Fsp3) is 0.556. The number of hydrazone groups is 1. The Bertz CT molecular complexity index is 2820. The van der Waals surface area contributed by atoms with Crippen LogP contribution >= 0.6 is 0 Å². The number of nitrogens with zero attached hydrogens (tertiary/aromatic N) is 18. The minimum atomic E-state index is -0.380. The Hall–Kier alpha value is -7.32. The summed E-state index contributed by atoms with van der Waals surface area (Å²) in [5.41, 5.74) is 11.0. The summed E-state index contributed by atoms with van der Waals surface area (Å²) >= 11 is 0. The van der Waals surface area contributed by atoms with Crippen LogP contribution in [0.5, 0.6) is 0 Å². The number of hydrogen-bond donors (Lipinski definition) is 6. The first-order valence-corrected chi connectivity index (χ1v) is 24.4. The molecule has 7 aromatic rings. The Kier molecular flexibility index (Phi) is 16.6. The molecule has 26 heteroatoms. The first-order valence-electron chi connectivity index (χ1n) is 24.4. The second-order valence-electron chi connectivity index (χ2n) is 17.4. The lowest BCUT2D eigenvalue weighted by Gasteiger charge is -2.30. The van der Waals surface area contributed by atoms with E-state index in [2.05, 4.69) is 82.6 Å². The summed E-state index contributed by atoms with van der Waals surface area (Å²) in [5, 5.41) is 32.8. The van der Waals surface area contributed by atoms with E-state index in [1.807, 2.05) is 47.1 Å². The number of fused-ring (bicyclic) bond motifs is 2. The summed E-state index contributed by atoms with van der Waals surface area (Å²) in [6, 6.07) is 0.275. The predicted octanol–water partition coefficient (Wildman–Crippen LogP) is 3.79. The lowest BCUT2D eigenvalue weighted by atomic mass is 9.91. The zero-order chi connectivity index (χ0) is 49.9. The van der Waals surface area contributed by atoms with Gasteiger partial charge in [0.05, 0.1) is 49.8 Å². The van der Waals surface area contributed by atoms with Gasteiger partial charge < -0.3 is 50.2 Å². The van der Waals surface area contributed by atoms with Crippen LogP contribution in [0.2, 0.25) is 0 Å². The largest absolute Gasteiger partial charge is 0.383 e. The first-order chi connectivity index (χ1) is 34.7. The second-order valence-corrected chi connectivity index (χ2v) is 17.4. The SMILES string of the molecule is C=C.CCN(N)/N=C(\N)C1CCC(n2cnc3c(NC4CCC(Nc5nc(NCCc6cn(C)cn6)nc6c5ncn6CCC(OC)c5nnn(CC)n5)CC4)nc(NCCc4cn(CC)cn4)nc32)O1. The van der Waals surface area contributed by atoms with Gasteiger partial charge >= 0.3 is 0 Å². The van der Waals surface area contributed by atoms with Crippen molar-refractivity contribution in [2.75, 3.05) is 48.0 Å². The number of nitrogens with two attached hydrogens (primary N) is 2. The molecule has 3 unspecified atom stereocenters. The van der Waals surface area contributed by atoms with E-state index in [0.717, 1.165) is 50.0 Å². The molecule has 0 aromatic carbocycles. The van der Waals surface area contributed by atoms with Gasteiger partial charge in [-0.3, -0.25) is 4.57 Å². The quantitative estimate of drug-likeness (QED) is 0.0175. The van der Waals surface area contributed by atoms with Crippen LogP contribution in [0.4, 0.5) is 23.5 Å². The third-order valence-electron chi connectivity index (χ3n) is 12.6. The highest BCUT2D eigenvalue weighted by Crippen LogP contribution is 2.34. The van der Waals surface area contributed by atoms with Crippen LogP contribution in [0.1, 0.15) is 95.3 Å². The number of methoxy groups -OCH3 is 1. The molecule has 2 fully saturated rings. The number of aryl methyl sites for hydroxylation is 4. The van der Waals surface area contributed by atoms with Crippen molar-refractivity contribution in [1.29, 1.82) is 0 Å². The van der Waals surface area contributed by atoms with Crippen LogP contribution < -0.4 is 32.8 Å². The van der Waals surface area contributed by atoms with E-state index in [0.29, 0.717) is 116 Å². The van der Waals surface area contributed by atoms with E-state index in [1.165, 1.54) is 5.12 Å². The van der Waals surface area contributed by atoms with Gasteiger partial charge in [0.1, 0.15) is 18.4 Å². The van der Waals surface area contributed by atoms with Crippen molar-refractivity contribution in [3.05, 3.63) is 68.1 Å². The Morgan fingerprint density at radius 2 is 1.48 bits per heavy atom. The van der Waals surface area contributed by atoms with Crippen molar-refractivity contribution in [2.45, 2.75) is 129 Å². The number of anilines is 4. The number of hydrogen-bond acceptors (Lipinski definition) is 20. The van der Waals surface area contributed by atoms with Crippen molar-refractivity contribution in [2.24, 2.45) is 23.7 Å². The van der Waals surface area contributed by atoms with Crippen LogP contribution in [0.25, 0.3) is 22.3 Å². The van der Waals surface area contributed by atoms with Gasteiger partial charge in [0.15, 0.2) is 39.8 Å². The normalized spacial score (nSPS) is 18.6. The van der Waals surface area contributed by atoms with Gasteiger partial charge in [-0.2, -0.15) is 24.7 Å². The fourth-order valence-corrected chi connectivity index (χ4v) is 8.73. The molecule has 1 saturated carbocycles. The van der Waals surface area contributed by atoms with Crippen molar-refractivity contribution < 1.29 is 9.47 Å². The molecule has 3 atom stereocenters. The minimum absolute atomic E-state index is 0.133. The molecule has 0 spiro atoms. The standard InChI is InChI=1S/C43H64N24O2.C2H4/c1-6-63-22-30(49-24-63)16-19-47-43-55-39(35-41(57-43)65(26-51-35)33-14-13-31(69-33)36(44)59-66(45)7-2)53-28-11-9-27(10-12-28)52-38-34-40(56-42(54-38)46-18-15-29-21-62(4)23-48-29)64(25-50-34)20-17-32(68-5)37-58-61-67(8-3)60-37;1-2/h21-28,31-33H,6-20,45H2,1-5H3,(H2,44,59)(H2,46,52,54,56)(H2,47,53,55,57);1-2H2. The maximum atomic E-state index is 6.42. The Morgan fingerprint density at radius 3 is 2.08 bits per heavy atom. The molecule has 2 aliphatic rings. The minimum Gasteiger partial charge on any atom is -0.383 e. The van der Waals surface area contributed by atoms with Crippen molar-refractivity contribution in [1.82, 2.24) is 83.5 Å². The summed E-state index contributed by atoms with van der Waals surface area (Å²) in [6.45, 7) is 15.8. The van der Waals surface area contributed by atoms with Crippen LogP contribution in [-0.4, -0.2) is 134 Å². The van der Waals surface area contributed by atoms with Gasteiger partial charge in [-0.1, -0.05) is 0 Å². The number of rotatable bonds is 23. The summed E-state index contributed by atoms with van der Waals surface area (Å²) in [6.07, 6.45) is 17.2. The molecule has 26 nitrogen and oxygen atoms in total. The van der Waals surface area contributed by atoms with Crippen molar-refractivity contribution in [3.8, 4) is 0 Å². The third-order valence-corrected chi connectivity index (χ3v) is 12.6. The fourth-order valence-electron chi connectivity index (χ4n) is 8.73. The first kappa shape index (κ1) is 50.1. The molecule has 8 N–H and O–H groups in total. The summed E-state index contributed by atoms with van der Waals surface area (Å²) in [4.78, 5) is 40.2. The summed E-state index contributed by atoms with van der Waals surface area (Å²) in [5.74, 6) is 9.14. The molecule has 9 rings (SSSR count). The predicted molar refractivity (Wildman–Crippen MR) is 270 cm³/mol. The van der Waals surface area contributed by atoms with E-state index < -0.39 is 0 Å². The number of nitrogens with one attached hydrogen (secondary N) is 4. The molecule has 71 heavy (non-hydrogen) atoms. The Balaban J connectivity index is 0.00000334. The average Bonchev–Trinajstić information content (AvgIpc) is 4.26. The molecular weight excluding hydrogens is 909 g/mol. The Morgan fingerprint density at radius 1 is 0.831 bits per heavy atom. The van der Waals surface area contributed by atoms with Crippen LogP contribution in [0.3, 0.4) is 0 Å². The van der Waals surface area contributed by atoms with Gasteiger partial charge in [0.25, 0.3) is 0 Å². The maximum Gasteiger partial charge on any atom is 0.226 e. The van der Waals surface area contributed by atoms with Gasteiger partial charge in [-0.05, 0) is 70.9 Å². The number of hydrazine groups is 1. The van der Waals surface area contributed by atoms with Crippen LogP contribution in [0, 0.1) is 0 Å². The molecule has 0 bridgehead atoms. The van der Waals surface area contributed by atoms with E-state index in [4.69, 9.17) is 51.0 Å². The highest BCUT2D eigenvalue weighted by Gasteiger charge is 2.32. The zero-order valence-electron chi connectivity index (χ0n) is 41.4. The maximum absolute atomic E-state index is 6.42. The summed E-state index contributed by atoms with van der Waals surface area (Å²) in [7, 11) is 3.62. The molecule has 0 amide bonds. The van der Waals surface area contributed by atoms with Gasteiger partial charge in [0.2, 0.25) is 17.7 Å². The number of ether oxygens (including phenoxy) is 2. The summed E-state index contributed by atoms with van der Waals surface area (Å²) < 4.78 is 20.2. The van der Waals surface area contributed by atoms with Gasteiger partial charge in [0, 0.05) is 77.7 Å². The molecular formula is C45H68N24O2. The van der Waals surface area contributed by atoms with E-state index in [9.17, 15) is 0 Å². The number of amidine groups is 1. The smallest absolute Gasteiger partial charge is 0.226 e. The van der Waals surface area contributed by atoms with E-state index in [-0.39, 0.29) is 30.5 Å². The number of tetrazole rings is 1. The van der Waals surface area contributed by atoms with Crippen molar-refractivity contribution >= 4 is 51.7 Å². The highest BCUT2D eigenvalue weighted by atomic mass is 16.5. The second kappa shape index (κ2) is 23.5. The molecule has 380 valence electrons. The zero-order valence-corrected chi connectivity index (χ0v) is 41.4. The van der Waals surface area contributed by atoms with E-state index in [1.54, 1.807) is 30.9 Å². The average molecular weight is 977 g/mol. The lowest BCUT2D eigenvalue weighted by Crippen LogP contribution is -2.35. The van der Waals surface area contributed by atoms with Crippen LogP contribution in [-0.2, 0) is 49.0 Å². The van der Waals surface area contributed by atoms with Gasteiger partial charge in [-0.25, -0.2) is 30.9 Å². The van der Waals surface area contributed by atoms with Gasteiger partial charge in [-0.15, -0.1) is 28.5 Å². The monoisotopic (exact) mass is 977 g/mol. The molecule has 1 aliphatic heterocycles. The molecule has 1 aliphatic carbocycles. The molecule has 7 aromatic heterocycles. The highest BCUT2D eigenvalue weighted by molar-refractivity contribution is 5.86. The molecule has 8 heterocycles. The number of imidazole rings is 4. The molecule has 0 radical (unpaired) electrons. The van der Waals surface area contributed by atoms with Crippen LogP contribution in [0.15, 0.2) is 56.0 Å². The Labute approximate surface area is 412 Å². The van der Waals surface area contributed by atoms with Crippen molar-refractivity contribution in [3.63, 3.8) is 0 Å². The topological polar surface area (TPSA) is 301 Å². The molecule has 1 saturated heterocycles.